The lowest BCUT2D eigenvalue weighted by Crippen LogP contribution is -2.54. The first-order chi connectivity index (χ1) is 15.5. The summed E-state index contributed by atoms with van der Waals surface area (Å²) in [6.07, 6.45) is 6.45. The second kappa shape index (κ2) is 8.84. The number of thiophene rings is 1. The van der Waals surface area contributed by atoms with Crippen LogP contribution in [0.4, 0.5) is 0 Å². The van der Waals surface area contributed by atoms with E-state index in [1.54, 1.807) is 10.9 Å². The minimum absolute atomic E-state index is 0.0708. The van der Waals surface area contributed by atoms with Gasteiger partial charge in [0.15, 0.2) is 5.69 Å². The highest BCUT2D eigenvalue weighted by Crippen LogP contribution is 2.46. The molecule has 2 aromatic heterocycles. The topological polar surface area (TPSA) is 67.3 Å². The molecule has 0 bridgehead atoms. The van der Waals surface area contributed by atoms with Gasteiger partial charge in [-0.25, -0.2) is 0 Å². The Morgan fingerprint density at radius 1 is 1.34 bits per heavy atom. The molecule has 2 aromatic rings. The van der Waals surface area contributed by atoms with Crippen LogP contribution in [0.3, 0.4) is 0 Å². The maximum Gasteiger partial charge on any atom is 0.272 e. The molecule has 0 unspecified atom stereocenters. The number of nitrogens with zero attached hydrogens (tertiary/aromatic N) is 3. The number of rotatable bonds is 5. The summed E-state index contributed by atoms with van der Waals surface area (Å²) in [6, 6.07) is 6.77. The third kappa shape index (κ3) is 4.22. The minimum Gasteiger partial charge on any atom is -0.370 e. The highest BCUT2D eigenvalue weighted by Gasteiger charge is 2.45. The maximum absolute atomic E-state index is 12.4. The number of fused-ring (bicyclic) bond motifs is 2. The number of aromatic nitrogens is 2. The van der Waals surface area contributed by atoms with Crippen molar-refractivity contribution < 1.29 is 9.53 Å². The van der Waals surface area contributed by atoms with Crippen LogP contribution in [0.5, 0.6) is 0 Å². The van der Waals surface area contributed by atoms with Crippen molar-refractivity contribution in [3.8, 4) is 0 Å². The van der Waals surface area contributed by atoms with Crippen LogP contribution in [0.15, 0.2) is 18.2 Å². The van der Waals surface area contributed by atoms with Crippen LogP contribution in [-0.4, -0.2) is 52.8 Å². The van der Waals surface area contributed by atoms with Gasteiger partial charge in [-0.2, -0.15) is 5.10 Å². The van der Waals surface area contributed by atoms with Gasteiger partial charge < -0.3 is 15.0 Å². The lowest BCUT2D eigenvalue weighted by molar-refractivity contribution is -0.114. The van der Waals surface area contributed by atoms with Crippen molar-refractivity contribution in [3.05, 3.63) is 44.9 Å². The molecule has 7 heteroatoms. The summed E-state index contributed by atoms with van der Waals surface area (Å²) >= 11 is 2.00. The van der Waals surface area contributed by atoms with Crippen molar-refractivity contribution in [1.29, 1.82) is 0 Å². The summed E-state index contributed by atoms with van der Waals surface area (Å²) in [5, 5.41) is 11.1. The average Bonchev–Trinajstić information content (AvgIpc) is 3.19. The molecule has 2 atom stereocenters. The Morgan fingerprint density at radius 3 is 2.91 bits per heavy atom. The molecule has 1 amide bonds. The van der Waals surface area contributed by atoms with E-state index >= 15 is 0 Å². The van der Waals surface area contributed by atoms with Gasteiger partial charge in [-0.3, -0.25) is 4.79 Å². The first kappa shape index (κ1) is 22.0. The molecule has 4 heterocycles. The van der Waals surface area contributed by atoms with Crippen molar-refractivity contribution >= 4 is 17.2 Å². The van der Waals surface area contributed by atoms with Gasteiger partial charge in [0, 0.05) is 41.3 Å². The van der Waals surface area contributed by atoms with Crippen LogP contribution < -0.4 is 5.32 Å². The number of hydrogen-bond acceptors (Lipinski definition) is 6. The van der Waals surface area contributed by atoms with Crippen molar-refractivity contribution in [1.82, 2.24) is 20.4 Å². The number of likely N-dealkylation sites (tertiary alicyclic amines) is 1. The molecule has 0 radical (unpaired) electrons. The monoisotopic (exact) mass is 454 g/mol. The number of carbonyl (C=O) groups is 1. The molecule has 2 fully saturated rings. The Kier molecular flexibility index (Phi) is 6.07. The van der Waals surface area contributed by atoms with Gasteiger partial charge in [0.25, 0.3) is 5.91 Å². The minimum atomic E-state index is -0.110. The molecule has 2 aliphatic heterocycles. The zero-order valence-electron chi connectivity index (χ0n) is 19.4. The third-order valence-corrected chi connectivity index (χ3v) is 8.89. The molecular formula is C25H34N4O2S. The molecular weight excluding hydrogens is 420 g/mol. The fourth-order valence-corrected chi connectivity index (χ4v) is 6.84. The first-order valence-electron chi connectivity index (χ1n) is 12.1. The maximum atomic E-state index is 12.4. The molecule has 5 rings (SSSR count). The number of carbonyl (C=O) groups excluding carboxylic acids is 1. The van der Waals surface area contributed by atoms with Crippen LogP contribution in [0.25, 0.3) is 0 Å². The largest absolute Gasteiger partial charge is 0.370 e. The average molecular weight is 455 g/mol. The molecule has 0 aromatic carbocycles. The number of piperidine rings is 1. The number of aryl methyl sites for hydroxylation is 2. The highest BCUT2D eigenvalue weighted by atomic mass is 32.1. The Balaban J connectivity index is 1.13. The molecule has 6 nitrogen and oxygen atoms in total. The fourth-order valence-electron chi connectivity index (χ4n) is 5.66. The van der Waals surface area contributed by atoms with E-state index in [4.69, 9.17) is 4.74 Å². The molecule has 1 saturated carbocycles. The molecule has 3 aliphatic rings. The van der Waals surface area contributed by atoms with Crippen molar-refractivity contribution in [2.24, 2.45) is 5.92 Å². The van der Waals surface area contributed by atoms with E-state index in [1.165, 1.54) is 10.4 Å². The lowest BCUT2D eigenvalue weighted by atomic mass is 9.76. The summed E-state index contributed by atoms with van der Waals surface area (Å²) in [4.78, 5) is 18.1. The predicted octanol–water partition coefficient (Wildman–Crippen LogP) is 3.87. The molecule has 1 spiro atoms. The van der Waals surface area contributed by atoms with E-state index in [0.717, 1.165) is 63.9 Å². The Hall–Kier alpha value is -1.83. The molecule has 32 heavy (non-hydrogen) atoms. The number of ether oxygens (including phenoxy) is 1. The van der Waals surface area contributed by atoms with Crippen LogP contribution in [0.2, 0.25) is 0 Å². The number of amides is 1. The van der Waals surface area contributed by atoms with Crippen LogP contribution in [0, 0.1) is 12.8 Å². The first-order valence-corrected chi connectivity index (χ1v) is 12.9. The van der Waals surface area contributed by atoms with Crippen LogP contribution in [-0.2, 0) is 23.2 Å². The summed E-state index contributed by atoms with van der Waals surface area (Å²) in [5.41, 5.74) is 2.64. The van der Waals surface area contributed by atoms with E-state index in [-0.39, 0.29) is 17.6 Å². The van der Waals surface area contributed by atoms with Crippen molar-refractivity contribution in [2.45, 2.75) is 77.0 Å². The Labute approximate surface area is 194 Å². The molecule has 1 N–H and O–H groups in total. The van der Waals surface area contributed by atoms with Gasteiger partial charge in [0.1, 0.15) is 0 Å². The predicted molar refractivity (Wildman–Crippen MR) is 126 cm³/mol. The fraction of sp³-hybridized carbons (Fsp3) is 0.640. The van der Waals surface area contributed by atoms with E-state index < -0.39 is 0 Å². The summed E-state index contributed by atoms with van der Waals surface area (Å²) in [6.45, 7) is 9.54. The van der Waals surface area contributed by atoms with Gasteiger partial charge in [0.05, 0.1) is 17.9 Å². The van der Waals surface area contributed by atoms with Gasteiger partial charge in [-0.15, -0.1) is 16.4 Å². The zero-order chi connectivity index (χ0) is 22.3. The summed E-state index contributed by atoms with van der Waals surface area (Å²) in [5.74, 6) is 0.540. The second-order valence-corrected chi connectivity index (χ2v) is 11.1. The van der Waals surface area contributed by atoms with Gasteiger partial charge in [-0.1, -0.05) is 6.92 Å². The van der Waals surface area contributed by atoms with E-state index in [2.05, 4.69) is 40.3 Å². The van der Waals surface area contributed by atoms with Gasteiger partial charge >= 0.3 is 0 Å². The molecule has 1 saturated heterocycles. The lowest BCUT2D eigenvalue weighted by Gasteiger charge is -2.49. The Bertz CT molecular complexity index is 969. The van der Waals surface area contributed by atoms with Crippen LogP contribution in [0.1, 0.15) is 71.0 Å². The number of hydrogen-bond donors (Lipinski definition) is 1. The van der Waals surface area contributed by atoms with E-state index in [0.29, 0.717) is 17.7 Å². The Morgan fingerprint density at radius 2 is 2.19 bits per heavy atom. The third-order valence-electron chi connectivity index (χ3n) is 7.55. The van der Waals surface area contributed by atoms with E-state index in [9.17, 15) is 4.79 Å². The summed E-state index contributed by atoms with van der Waals surface area (Å²) in [7, 11) is 0. The second-order valence-electron chi connectivity index (χ2n) is 9.86. The van der Waals surface area contributed by atoms with Crippen LogP contribution >= 0.6 is 11.3 Å². The molecule has 172 valence electrons. The smallest absolute Gasteiger partial charge is 0.272 e. The summed E-state index contributed by atoms with van der Waals surface area (Å²) < 4.78 is 6.49. The van der Waals surface area contributed by atoms with E-state index in [1.807, 2.05) is 24.3 Å². The SMILES string of the molecule is CCc1cc2c(s1)CCO[C@@]21CCN(C[C@H]2C[C@@H](NC(=O)c3ccc(C)nn3)C2)[C@@H](C)C1. The molecule has 1 aliphatic carbocycles. The zero-order valence-corrected chi connectivity index (χ0v) is 20.2. The quantitative estimate of drug-likeness (QED) is 0.743. The standard InChI is InChI=1S/C25H34N4O2S/c1-4-20-13-21-23(32-20)7-10-31-25(21)8-9-29(17(3)14-25)15-18-11-19(12-18)26-24(30)22-6-5-16(2)27-28-22/h5-6,13,17-19H,4,7-12,14-15H2,1-3H3,(H,26,30)/t17-,18-,19+,25+/m0/s1. The normalized spacial score (nSPS) is 30.0. The number of nitrogens with one attached hydrogen (secondary N) is 1. The van der Waals surface area contributed by atoms with Crippen molar-refractivity contribution in [3.63, 3.8) is 0 Å². The van der Waals surface area contributed by atoms with Gasteiger partial charge in [-0.05, 0) is 75.6 Å². The van der Waals surface area contributed by atoms with Gasteiger partial charge in [0.2, 0.25) is 0 Å². The highest BCUT2D eigenvalue weighted by molar-refractivity contribution is 7.12. The van der Waals surface area contributed by atoms with Crippen molar-refractivity contribution in [2.75, 3.05) is 19.7 Å².